The molecule has 0 spiro atoms. The average Bonchev–Trinajstić information content (AvgIpc) is 2.66. The van der Waals surface area contributed by atoms with Gasteiger partial charge >= 0.3 is 0 Å². The minimum atomic E-state index is 0.326. The molecule has 94 valence electrons. The minimum Gasteiger partial charge on any atom is -0.342 e. The van der Waals surface area contributed by atoms with Crippen LogP contribution in [0.5, 0.6) is 0 Å². The van der Waals surface area contributed by atoms with Gasteiger partial charge in [-0.1, -0.05) is 27.2 Å². The summed E-state index contributed by atoms with van der Waals surface area (Å²) >= 11 is 0. The number of hydrogen-bond acceptors (Lipinski definition) is 2. The van der Waals surface area contributed by atoms with Crippen LogP contribution in [-0.4, -0.2) is 36.5 Å². The third kappa shape index (κ3) is 4.52. The summed E-state index contributed by atoms with van der Waals surface area (Å²) in [5.74, 6) is 1.08. The molecular weight excluding hydrogens is 200 g/mol. The smallest absolute Gasteiger partial charge is 0.223 e. The number of hydrogen-bond donors (Lipinski definition) is 1. The number of carbonyl (C=O) groups excluding carboxylic acids is 1. The van der Waals surface area contributed by atoms with Crippen LogP contribution in [0.4, 0.5) is 0 Å². The highest BCUT2D eigenvalue weighted by Gasteiger charge is 2.24. The zero-order chi connectivity index (χ0) is 12.0. The van der Waals surface area contributed by atoms with Gasteiger partial charge in [-0.25, -0.2) is 0 Å². The molecule has 1 saturated heterocycles. The molecule has 1 aliphatic rings. The Hall–Kier alpha value is -0.570. The fraction of sp³-hybridized carbons (Fsp3) is 0.923. The van der Waals surface area contributed by atoms with E-state index in [2.05, 4.69) is 26.1 Å². The molecule has 1 aliphatic heterocycles. The van der Waals surface area contributed by atoms with E-state index in [4.69, 9.17) is 0 Å². The van der Waals surface area contributed by atoms with Crippen LogP contribution < -0.4 is 5.32 Å². The molecule has 1 atom stereocenters. The molecule has 0 radical (unpaired) electrons. The van der Waals surface area contributed by atoms with Crippen LogP contribution in [0.25, 0.3) is 0 Å². The molecule has 0 aromatic carbocycles. The van der Waals surface area contributed by atoms with E-state index in [0.717, 1.165) is 25.6 Å². The highest BCUT2D eigenvalue weighted by atomic mass is 16.2. The lowest BCUT2D eigenvalue weighted by Crippen LogP contribution is -2.33. The summed E-state index contributed by atoms with van der Waals surface area (Å²) in [6.07, 6.45) is 4.36. The van der Waals surface area contributed by atoms with Crippen molar-refractivity contribution in [1.29, 1.82) is 0 Å². The Labute approximate surface area is 99.6 Å². The summed E-state index contributed by atoms with van der Waals surface area (Å²) in [6, 6.07) is 0.471. The number of nitrogens with one attached hydrogen (secondary N) is 1. The lowest BCUT2D eigenvalue weighted by molar-refractivity contribution is -0.130. The molecule has 1 heterocycles. The van der Waals surface area contributed by atoms with Gasteiger partial charge in [0.15, 0.2) is 0 Å². The quantitative estimate of drug-likeness (QED) is 0.751. The largest absolute Gasteiger partial charge is 0.342 e. The Morgan fingerprint density at radius 2 is 2.25 bits per heavy atom. The van der Waals surface area contributed by atoms with E-state index >= 15 is 0 Å². The third-order valence-electron chi connectivity index (χ3n) is 3.23. The first-order valence-corrected chi connectivity index (χ1v) is 6.64. The van der Waals surface area contributed by atoms with Crippen molar-refractivity contribution in [2.24, 2.45) is 5.92 Å². The standard InChI is InChI=1S/C13H26N2O/c1-4-5-12-7-9-15(10-12)13(16)6-8-14-11(2)3/h11-12,14H,4-10H2,1-3H3. The second-order valence-corrected chi connectivity index (χ2v) is 5.14. The summed E-state index contributed by atoms with van der Waals surface area (Å²) in [4.78, 5) is 13.9. The monoisotopic (exact) mass is 226 g/mol. The number of nitrogens with zero attached hydrogens (tertiary/aromatic N) is 1. The van der Waals surface area contributed by atoms with Crippen molar-refractivity contribution >= 4 is 5.91 Å². The first kappa shape index (κ1) is 13.5. The summed E-state index contributed by atoms with van der Waals surface area (Å²) in [5.41, 5.74) is 0. The Morgan fingerprint density at radius 1 is 1.50 bits per heavy atom. The average molecular weight is 226 g/mol. The lowest BCUT2D eigenvalue weighted by atomic mass is 10.0. The molecule has 1 unspecified atom stereocenters. The number of carbonyl (C=O) groups is 1. The Bertz CT molecular complexity index is 216. The molecule has 1 rings (SSSR count). The molecule has 1 amide bonds. The second kappa shape index (κ2) is 6.89. The van der Waals surface area contributed by atoms with Gasteiger partial charge in [-0.15, -0.1) is 0 Å². The highest BCUT2D eigenvalue weighted by Crippen LogP contribution is 2.21. The summed E-state index contributed by atoms with van der Waals surface area (Å²) in [5, 5.41) is 3.29. The van der Waals surface area contributed by atoms with E-state index in [1.807, 2.05) is 4.90 Å². The molecule has 1 N–H and O–H groups in total. The predicted molar refractivity (Wildman–Crippen MR) is 67.4 cm³/mol. The molecular formula is C13H26N2O. The van der Waals surface area contributed by atoms with Crippen molar-refractivity contribution in [1.82, 2.24) is 10.2 Å². The van der Waals surface area contributed by atoms with Crippen molar-refractivity contribution in [3.63, 3.8) is 0 Å². The first-order valence-electron chi connectivity index (χ1n) is 6.64. The summed E-state index contributed by atoms with van der Waals surface area (Å²) < 4.78 is 0. The van der Waals surface area contributed by atoms with Crippen molar-refractivity contribution in [2.45, 2.75) is 52.5 Å². The normalized spacial score (nSPS) is 20.8. The van der Waals surface area contributed by atoms with Crippen LogP contribution in [0.2, 0.25) is 0 Å². The van der Waals surface area contributed by atoms with E-state index in [0.29, 0.717) is 18.4 Å². The van der Waals surface area contributed by atoms with Gasteiger partial charge in [0, 0.05) is 32.1 Å². The van der Waals surface area contributed by atoms with Gasteiger partial charge in [-0.05, 0) is 18.8 Å². The Balaban J connectivity index is 2.18. The van der Waals surface area contributed by atoms with Crippen molar-refractivity contribution in [3.05, 3.63) is 0 Å². The maximum Gasteiger partial charge on any atom is 0.223 e. The lowest BCUT2D eigenvalue weighted by Gasteiger charge is -2.17. The van der Waals surface area contributed by atoms with E-state index in [1.165, 1.54) is 19.3 Å². The first-order chi connectivity index (χ1) is 7.63. The summed E-state index contributed by atoms with van der Waals surface area (Å²) in [6.45, 7) is 9.22. The molecule has 0 bridgehead atoms. The van der Waals surface area contributed by atoms with Gasteiger partial charge in [0.25, 0.3) is 0 Å². The predicted octanol–water partition coefficient (Wildman–Crippen LogP) is 2.02. The van der Waals surface area contributed by atoms with Crippen LogP contribution >= 0.6 is 0 Å². The van der Waals surface area contributed by atoms with Gasteiger partial charge in [-0.3, -0.25) is 4.79 Å². The van der Waals surface area contributed by atoms with E-state index in [9.17, 15) is 4.79 Å². The van der Waals surface area contributed by atoms with Crippen molar-refractivity contribution in [2.75, 3.05) is 19.6 Å². The molecule has 0 aliphatic carbocycles. The fourth-order valence-corrected chi connectivity index (χ4v) is 2.33. The topological polar surface area (TPSA) is 32.3 Å². The molecule has 3 nitrogen and oxygen atoms in total. The number of likely N-dealkylation sites (tertiary alicyclic amines) is 1. The van der Waals surface area contributed by atoms with Gasteiger partial charge in [0.2, 0.25) is 5.91 Å². The fourth-order valence-electron chi connectivity index (χ4n) is 2.33. The molecule has 1 fully saturated rings. The number of amides is 1. The summed E-state index contributed by atoms with van der Waals surface area (Å²) in [7, 11) is 0. The van der Waals surface area contributed by atoms with Gasteiger partial charge in [-0.2, -0.15) is 0 Å². The molecule has 16 heavy (non-hydrogen) atoms. The van der Waals surface area contributed by atoms with Gasteiger partial charge in [0.1, 0.15) is 0 Å². The van der Waals surface area contributed by atoms with Crippen LogP contribution in [0, 0.1) is 5.92 Å². The molecule has 3 heteroatoms. The molecule has 0 aromatic heterocycles. The van der Waals surface area contributed by atoms with Crippen LogP contribution in [0.3, 0.4) is 0 Å². The zero-order valence-corrected chi connectivity index (χ0v) is 11.0. The Kier molecular flexibility index (Phi) is 5.81. The zero-order valence-electron chi connectivity index (χ0n) is 11.0. The second-order valence-electron chi connectivity index (χ2n) is 5.14. The van der Waals surface area contributed by atoms with Gasteiger partial charge < -0.3 is 10.2 Å². The van der Waals surface area contributed by atoms with E-state index < -0.39 is 0 Å². The SMILES string of the molecule is CCCC1CCN(C(=O)CCNC(C)C)C1. The minimum absolute atomic E-state index is 0.326. The highest BCUT2D eigenvalue weighted by molar-refractivity contribution is 5.76. The van der Waals surface area contributed by atoms with E-state index in [1.54, 1.807) is 0 Å². The maximum atomic E-state index is 11.9. The van der Waals surface area contributed by atoms with E-state index in [-0.39, 0.29) is 0 Å². The molecule has 0 aromatic rings. The van der Waals surface area contributed by atoms with Crippen LogP contribution in [0.15, 0.2) is 0 Å². The number of rotatable bonds is 6. The third-order valence-corrected chi connectivity index (χ3v) is 3.23. The van der Waals surface area contributed by atoms with Crippen molar-refractivity contribution < 1.29 is 4.79 Å². The van der Waals surface area contributed by atoms with Crippen LogP contribution in [-0.2, 0) is 4.79 Å². The molecule has 0 saturated carbocycles. The van der Waals surface area contributed by atoms with Gasteiger partial charge in [0.05, 0.1) is 0 Å². The maximum absolute atomic E-state index is 11.9. The van der Waals surface area contributed by atoms with Crippen molar-refractivity contribution in [3.8, 4) is 0 Å². The Morgan fingerprint density at radius 3 is 2.88 bits per heavy atom. The van der Waals surface area contributed by atoms with Crippen LogP contribution in [0.1, 0.15) is 46.5 Å².